The van der Waals surface area contributed by atoms with E-state index >= 15 is 0 Å². The molecule has 0 aliphatic rings. The average molecular weight is 505 g/mol. The first-order valence-electron chi connectivity index (χ1n) is 11.1. The molecule has 0 saturated carbocycles. The molecule has 0 fully saturated rings. The van der Waals surface area contributed by atoms with Gasteiger partial charge in [0.2, 0.25) is 0 Å². The van der Waals surface area contributed by atoms with Crippen LogP contribution in [0.5, 0.6) is 5.75 Å². The Morgan fingerprint density at radius 2 is 1.16 bits per heavy atom. The maximum atomic E-state index is 5.48. The zero-order valence-corrected chi connectivity index (χ0v) is 21.2. The van der Waals surface area contributed by atoms with Gasteiger partial charge in [-0.1, -0.05) is 0 Å². The molecule has 0 aromatic heterocycles. The van der Waals surface area contributed by atoms with E-state index in [0.29, 0.717) is 5.92 Å². The minimum atomic E-state index is -2.88. The Morgan fingerprint density at radius 1 is 0.688 bits per heavy atom. The summed E-state index contributed by atoms with van der Waals surface area (Å²) >= 11 is 4.55. The van der Waals surface area contributed by atoms with E-state index in [-0.39, 0.29) is 0 Å². The summed E-state index contributed by atoms with van der Waals surface area (Å²) in [6.45, 7) is 2.32. The molecule has 0 saturated heterocycles. The second-order valence-electron chi connectivity index (χ2n) is 8.38. The minimum absolute atomic E-state index is 0.403. The summed E-state index contributed by atoms with van der Waals surface area (Å²) in [6, 6.07) is 41.5. The van der Waals surface area contributed by atoms with Gasteiger partial charge in [0.1, 0.15) is 0 Å². The third kappa shape index (κ3) is 4.15. The van der Waals surface area contributed by atoms with Crippen molar-refractivity contribution in [3.63, 3.8) is 0 Å². The second kappa shape index (κ2) is 9.61. The Morgan fingerprint density at radius 3 is 1.59 bits per heavy atom. The van der Waals surface area contributed by atoms with Gasteiger partial charge in [-0.15, -0.1) is 0 Å². The fourth-order valence-electron chi connectivity index (χ4n) is 4.60. The summed E-state index contributed by atoms with van der Waals surface area (Å²) in [4.78, 5) is 0. The molecule has 0 bridgehead atoms. The Hall–Kier alpha value is -2.41. The fraction of sp³-hybridized carbons (Fsp3) is 0.172. The Labute approximate surface area is 200 Å². The Balaban J connectivity index is 1.86. The molecule has 164 valence electrons. The molecule has 32 heavy (non-hydrogen) atoms. The van der Waals surface area contributed by atoms with Crippen molar-refractivity contribution in [1.29, 1.82) is 0 Å². The van der Waals surface area contributed by atoms with Crippen LogP contribution in [0.4, 0.5) is 0 Å². The van der Waals surface area contributed by atoms with Crippen molar-refractivity contribution in [2.24, 2.45) is 0 Å². The Kier molecular flexibility index (Phi) is 6.84. The van der Waals surface area contributed by atoms with Crippen molar-refractivity contribution in [3.05, 3.63) is 121 Å². The van der Waals surface area contributed by atoms with Crippen molar-refractivity contribution in [2.45, 2.75) is 19.3 Å². The van der Waals surface area contributed by atoms with Gasteiger partial charge in [-0.3, -0.25) is 0 Å². The summed E-state index contributed by atoms with van der Waals surface area (Å²) in [6.07, 6.45) is 2.08. The van der Waals surface area contributed by atoms with E-state index in [0.717, 1.165) is 18.3 Å². The summed E-state index contributed by atoms with van der Waals surface area (Å²) in [5.41, 5.74) is 1.32. The molecular formula is C29H30BrOP. The van der Waals surface area contributed by atoms with Crippen LogP contribution < -0.4 is 20.7 Å². The van der Waals surface area contributed by atoms with Gasteiger partial charge in [0.25, 0.3) is 0 Å². The Bertz CT molecular complexity index is 1050. The molecule has 4 aromatic rings. The molecular weight excluding hydrogens is 475 g/mol. The molecule has 0 spiro atoms. The van der Waals surface area contributed by atoms with Crippen LogP contribution in [-0.2, 0) is 0 Å². The van der Waals surface area contributed by atoms with Gasteiger partial charge < -0.3 is 0 Å². The van der Waals surface area contributed by atoms with Gasteiger partial charge >= 0.3 is 201 Å². The van der Waals surface area contributed by atoms with Crippen molar-refractivity contribution >= 4 is 36.7 Å². The van der Waals surface area contributed by atoms with Crippen LogP contribution in [0.1, 0.15) is 24.8 Å². The van der Waals surface area contributed by atoms with E-state index in [2.05, 4.69) is 132 Å². The zero-order valence-electron chi connectivity index (χ0n) is 18.7. The molecule has 0 heterocycles. The third-order valence-corrected chi connectivity index (χ3v) is 16.5. The average Bonchev–Trinajstić information content (AvgIpc) is 2.89. The van der Waals surface area contributed by atoms with Crippen LogP contribution in [0.2, 0.25) is 0 Å². The van der Waals surface area contributed by atoms with Crippen molar-refractivity contribution in [1.82, 2.24) is 0 Å². The molecule has 1 atom stereocenters. The third-order valence-electron chi connectivity index (χ3n) is 6.53. The number of hydrogen-bond acceptors (Lipinski definition) is 1. The second-order valence-corrected chi connectivity index (χ2v) is 17.4. The van der Waals surface area contributed by atoms with Gasteiger partial charge in [0.05, 0.1) is 0 Å². The number of rotatable bonds is 8. The predicted molar refractivity (Wildman–Crippen MR) is 145 cm³/mol. The van der Waals surface area contributed by atoms with Gasteiger partial charge in [-0.2, -0.15) is 0 Å². The summed E-state index contributed by atoms with van der Waals surface area (Å²) in [5, 5.41) is 1.23. The molecule has 3 heteroatoms. The van der Waals surface area contributed by atoms with E-state index in [4.69, 9.17) is 4.74 Å². The molecule has 0 N–H and O–H groups in total. The number of halogens is 1. The van der Waals surface area contributed by atoms with Gasteiger partial charge in [0, 0.05) is 0 Å². The predicted octanol–water partition coefficient (Wildman–Crippen LogP) is 7.03. The summed E-state index contributed by atoms with van der Waals surface area (Å²) in [5.74, 6) is 1.32. The van der Waals surface area contributed by atoms with E-state index in [9.17, 15) is 0 Å². The number of methoxy groups -OCH3 is 1. The van der Waals surface area contributed by atoms with Crippen LogP contribution in [0.3, 0.4) is 0 Å². The standard InChI is InChI=1S/C29H30BrOP/c1-24(25-13-12-14-26(23-25)31-2)21-22-32(30,27-15-6-3-7-16-27,28-17-8-4-9-18-28)29-19-10-5-11-20-29/h3-20,23-24H,21-22H2,1-2H3. The molecule has 0 aliphatic carbocycles. The molecule has 1 nitrogen and oxygen atoms in total. The molecule has 4 rings (SSSR count). The van der Waals surface area contributed by atoms with E-state index in [1.54, 1.807) is 7.11 Å². The number of hydrogen-bond donors (Lipinski definition) is 0. The molecule has 4 aromatic carbocycles. The van der Waals surface area contributed by atoms with Crippen molar-refractivity contribution in [3.8, 4) is 5.75 Å². The zero-order chi connectivity index (χ0) is 22.5. The molecule has 0 aliphatic heterocycles. The van der Waals surface area contributed by atoms with Crippen LogP contribution in [0.25, 0.3) is 0 Å². The van der Waals surface area contributed by atoms with Crippen LogP contribution in [0.15, 0.2) is 115 Å². The monoisotopic (exact) mass is 504 g/mol. The summed E-state index contributed by atoms with van der Waals surface area (Å²) in [7, 11) is 1.73. The van der Waals surface area contributed by atoms with Crippen LogP contribution in [-0.4, -0.2) is 13.3 Å². The molecule has 0 amide bonds. The van der Waals surface area contributed by atoms with Gasteiger partial charge in [-0.25, -0.2) is 0 Å². The fourth-order valence-corrected chi connectivity index (χ4v) is 12.3. The first kappa shape index (κ1) is 22.8. The summed E-state index contributed by atoms with van der Waals surface area (Å²) < 4.78 is 5.48. The van der Waals surface area contributed by atoms with Crippen LogP contribution >= 0.6 is 20.8 Å². The van der Waals surface area contributed by atoms with E-state index in [1.165, 1.54) is 21.5 Å². The SMILES string of the molecule is COc1cccc(C(C)CCP(Br)(c2ccccc2)(c2ccccc2)c2ccccc2)c1. The first-order valence-corrected chi connectivity index (χ1v) is 15.5. The van der Waals surface area contributed by atoms with Crippen LogP contribution in [0, 0.1) is 0 Å². The van der Waals surface area contributed by atoms with E-state index in [1.807, 2.05) is 6.07 Å². The number of ether oxygens (including phenoxy) is 1. The maximum absolute atomic E-state index is 5.48. The normalized spacial score (nSPS) is 13.7. The van der Waals surface area contributed by atoms with Crippen molar-refractivity contribution < 1.29 is 4.74 Å². The van der Waals surface area contributed by atoms with Gasteiger partial charge in [0.15, 0.2) is 0 Å². The number of benzene rings is 4. The quantitative estimate of drug-likeness (QED) is 0.234. The topological polar surface area (TPSA) is 9.23 Å². The van der Waals surface area contributed by atoms with Crippen molar-refractivity contribution in [2.75, 3.05) is 13.3 Å². The first-order chi connectivity index (χ1) is 15.6. The van der Waals surface area contributed by atoms with E-state index < -0.39 is 5.31 Å². The molecule has 0 radical (unpaired) electrons. The van der Waals surface area contributed by atoms with Gasteiger partial charge in [-0.05, 0) is 0 Å². The molecule has 1 unspecified atom stereocenters.